The lowest BCUT2D eigenvalue weighted by molar-refractivity contribution is 0.354. The lowest BCUT2D eigenvalue weighted by atomic mass is 10.1. The van der Waals surface area contributed by atoms with E-state index in [4.69, 9.17) is 9.26 Å². The largest absolute Gasteiger partial charge is 0.497 e. The van der Waals surface area contributed by atoms with Crippen LogP contribution in [-0.2, 0) is 10.0 Å². The maximum absolute atomic E-state index is 12.5. The highest BCUT2D eigenvalue weighted by molar-refractivity contribution is 7.89. The van der Waals surface area contributed by atoms with Gasteiger partial charge in [0.25, 0.3) is 0 Å². The van der Waals surface area contributed by atoms with E-state index in [1.54, 1.807) is 19.1 Å². The predicted octanol–water partition coefficient (Wildman–Crippen LogP) is 3.09. The summed E-state index contributed by atoms with van der Waals surface area (Å²) in [5.41, 5.74) is 1.92. The van der Waals surface area contributed by atoms with Gasteiger partial charge in [0.2, 0.25) is 21.7 Å². The van der Waals surface area contributed by atoms with Crippen LogP contribution in [0.3, 0.4) is 0 Å². The van der Waals surface area contributed by atoms with Crippen LogP contribution < -0.4 is 9.46 Å². The molecule has 1 N–H and O–H groups in total. The Morgan fingerprint density at radius 1 is 1.08 bits per heavy atom. The second-order valence-corrected chi connectivity index (χ2v) is 7.55. The number of nitrogens with zero attached hydrogens (tertiary/aromatic N) is 2. The molecule has 26 heavy (non-hydrogen) atoms. The van der Waals surface area contributed by atoms with E-state index in [0.717, 1.165) is 11.1 Å². The van der Waals surface area contributed by atoms with E-state index in [0.29, 0.717) is 11.6 Å². The van der Waals surface area contributed by atoms with Gasteiger partial charge in [0.05, 0.1) is 18.0 Å². The SMILES string of the molecule is COc1ccc(S(=O)(=O)NC(C)c2nc(-c3ccc(C)cc3)no2)cc1. The zero-order valence-corrected chi connectivity index (χ0v) is 15.4. The van der Waals surface area contributed by atoms with Crippen molar-refractivity contribution in [1.82, 2.24) is 14.9 Å². The van der Waals surface area contributed by atoms with Crippen LogP contribution in [0.25, 0.3) is 11.4 Å². The third kappa shape index (κ3) is 3.92. The van der Waals surface area contributed by atoms with Crippen molar-refractivity contribution in [2.24, 2.45) is 0 Å². The molecule has 0 aliphatic carbocycles. The fourth-order valence-corrected chi connectivity index (χ4v) is 3.53. The van der Waals surface area contributed by atoms with E-state index >= 15 is 0 Å². The van der Waals surface area contributed by atoms with Crippen LogP contribution in [0.1, 0.15) is 24.4 Å². The molecular weight excluding hydrogens is 354 g/mol. The molecule has 2 aromatic carbocycles. The fraction of sp³-hybridized carbons (Fsp3) is 0.222. The molecule has 1 aromatic heterocycles. The number of hydrogen-bond acceptors (Lipinski definition) is 6. The normalized spacial score (nSPS) is 12.7. The van der Waals surface area contributed by atoms with Crippen LogP contribution in [0, 0.1) is 6.92 Å². The Morgan fingerprint density at radius 3 is 2.35 bits per heavy atom. The average Bonchev–Trinajstić information content (AvgIpc) is 3.12. The summed E-state index contributed by atoms with van der Waals surface area (Å²) in [7, 11) is -2.21. The summed E-state index contributed by atoms with van der Waals surface area (Å²) in [5.74, 6) is 1.18. The third-order valence-electron chi connectivity index (χ3n) is 3.82. The molecule has 0 bridgehead atoms. The molecule has 3 rings (SSSR count). The fourth-order valence-electron chi connectivity index (χ4n) is 2.34. The Labute approximate surface area is 152 Å². The van der Waals surface area contributed by atoms with Crippen molar-refractivity contribution in [1.29, 1.82) is 0 Å². The van der Waals surface area contributed by atoms with E-state index < -0.39 is 16.1 Å². The standard InChI is InChI=1S/C18H19N3O4S/c1-12-4-6-14(7-5-12)17-19-18(25-20-17)13(2)21-26(22,23)16-10-8-15(24-3)9-11-16/h4-11,13,21H,1-3H3. The van der Waals surface area contributed by atoms with Gasteiger partial charge in [0.15, 0.2) is 0 Å². The van der Waals surface area contributed by atoms with Crippen LogP contribution in [0.15, 0.2) is 57.9 Å². The van der Waals surface area contributed by atoms with Gasteiger partial charge in [-0.1, -0.05) is 35.0 Å². The molecule has 1 heterocycles. The first-order valence-electron chi connectivity index (χ1n) is 7.96. The molecular formula is C18H19N3O4S. The van der Waals surface area contributed by atoms with E-state index in [-0.39, 0.29) is 10.8 Å². The Kier molecular flexibility index (Phi) is 5.06. The lowest BCUT2D eigenvalue weighted by Crippen LogP contribution is -2.27. The topological polar surface area (TPSA) is 94.3 Å². The van der Waals surface area contributed by atoms with Crippen LogP contribution in [0.4, 0.5) is 0 Å². The predicted molar refractivity (Wildman–Crippen MR) is 96.2 cm³/mol. The van der Waals surface area contributed by atoms with Gasteiger partial charge < -0.3 is 9.26 Å². The molecule has 1 unspecified atom stereocenters. The molecule has 0 saturated carbocycles. The van der Waals surface area contributed by atoms with E-state index in [1.165, 1.54) is 19.2 Å². The number of ether oxygens (including phenoxy) is 1. The number of aromatic nitrogens is 2. The highest BCUT2D eigenvalue weighted by Gasteiger charge is 2.22. The molecule has 3 aromatic rings. The molecule has 8 heteroatoms. The van der Waals surface area contributed by atoms with Gasteiger partial charge in [0.1, 0.15) is 5.75 Å². The molecule has 0 aliphatic heterocycles. The quantitative estimate of drug-likeness (QED) is 0.713. The summed E-state index contributed by atoms with van der Waals surface area (Å²) in [5, 5.41) is 3.93. The molecule has 0 saturated heterocycles. The molecule has 0 fully saturated rings. The van der Waals surface area contributed by atoms with Crippen molar-refractivity contribution in [2.45, 2.75) is 24.8 Å². The van der Waals surface area contributed by atoms with Gasteiger partial charge in [0, 0.05) is 5.56 Å². The van der Waals surface area contributed by atoms with Crippen molar-refractivity contribution >= 4 is 10.0 Å². The Balaban J connectivity index is 1.76. The minimum Gasteiger partial charge on any atom is -0.497 e. The number of methoxy groups -OCH3 is 1. The van der Waals surface area contributed by atoms with Gasteiger partial charge in [-0.3, -0.25) is 0 Å². The lowest BCUT2D eigenvalue weighted by Gasteiger charge is -2.11. The summed E-state index contributed by atoms with van der Waals surface area (Å²) >= 11 is 0. The van der Waals surface area contributed by atoms with Gasteiger partial charge in [-0.15, -0.1) is 0 Å². The van der Waals surface area contributed by atoms with Gasteiger partial charge in [-0.25, -0.2) is 8.42 Å². The van der Waals surface area contributed by atoms with E-state index in [1.807, 2.05) is 31.2 Å². The van der Waals surface area contributed by atoms with Crippen molar-refractivity contribution in [2.75, 3.05) is 7.11 Å². The summed E-state index contributed by atoms with van der Waals surface area (Å²) in [6, 6.07) is 13.1. The highest BCUT2D eigenvalue weighted by Crippen LogP contribution is 2.21. The summed E-state index contributed by atoms with van der Waals surface area (Å²) < 4.78 is 37.8. The zero-order chi connectivity index (χ0) is 18.7. The number of rotatable bonds is 6. The van der Waals surface area contributed by atoms with Gasteiger partial charge >= 0.3 is 0 Å². The van der Waals surface area contributed by atoms with Crippen LogP contribution >= 0.6 is 0 Å². The highest BCUT2D eigenvalue weighted by atomic mass is 32.2. The van der Waals surface area contributed by atoms with Crippen molar-refractivity contribution in [3.05, 3.63) is 60.0 Å². The maximum Gasteiger partial charge on any atom is 0.244 e. The molecule has 1 atom stereocenters. The molecule has 136 valence electrons. The van der Waals surface area contributed by atoms with Crippen LogP contribution in [0.2, 0.25) is 0 Å². The van der Waals surface area contributed by atoms with Gasteiger partial charge in [-0.05, 0) is 38.1 Å². The van der Waals surface area contributed by atoms with Crippen LogP contribution in [-0.4, -0.2) is 25.7 Å². The third-order valence-corrected chi connectivity index (χ3v) is 5.38. The Bertz CT molecular complexity index is 980. The monoisotopic (exact) mass is 373 g/mol. The molecule has 7 nitrogen and oxygen atoms in total. The number of aryl methyl sites for hydroxylation is 1. The molecule has 0 radical (unpaired) electrons. The minimum atomic E-state index is -3.73. The smallest absolute Gasteiger partial charge is 0.244 e. The first-order chi connectivity index (χ1) is 12.4. The second-order valence-electron chi connectivity index (χ2n) is 5.84. The average molecular weight is 373 g/mol. The zero-order valence-electron chi connectivity index (χ0n) is 14.6. The number of nitrogens with one attached hydrogen (secondary N) is 1. The maximum atomic E-state index is 12.5. The van der Waals surface area contributed by atoms with E-state index in [2.05, 4.69) is 14.9 Å². The van der Waals surface area contributed by atoms with Crippen molar-refractivity contribution < 1.29 is 17.7 Å². The van der Waals surface area contributed by atoms with Gasteiger partial charge in [-0.2, -0.15) is 9.71 Å². The Hall–Kier alpha value is -2.71. The molecule has 0 aliphatic rings. The first-order valence-corrected chi connectivity index (χ1v) is 9.44. The molecule has 0 spiro atoms. The Morgan fingerprint density at radius 2 is 1.73 bits per heavy atom. The number of benzene rings is 2. The number of sulfonamides is 1. The molecule has 0 amide bonds. The number of hydrogen-bond donors (Lipinski definition) is 1. The van der Waals surface area contributed by atoms with Crippen molar-refractivity contribution in [3.8, 4) is 17.1 Å². The minimum absolute atomic E-state index is 0.128. The van der Waals surface area contributed by atoms with E-state index in [9.17, 15) is 8.42 Å². The summed E-state index contributed by atoms with van der Waals surface area (Å²) in [6.07, 6.45) is 0. The summed E-state index contributed by atoms with van der Waals surface area (Å²) in [6.45, 7) is 3.63. The summed E-state index contributed by atoms with van der Waals surface area (Å²) in [4.78, 5) is 4.42. The van der Waals surface area contributed by atoms with Crippen LogP contribution in [0.5, 0.6) is 5.75 Å². The second kappa shape index (κ2) is 7.27. The van der Waals surface area contributed by atoms with Crippen molar-refractivity contribution in [3.63, 3.8) is 0 Å². The first kappa shape index (κ1) is 18.1.